The van der Waals surface area contributed by atoms with Crippen molar-refractivity contribution in [2.75, 3.05) is 0 Å². The molecule has 0 N–H and O–H groups in total. The van der Waals surface area contributed by atoms with Gasteiger partial charge in [-0.05, 0) is 23.4 Å². The summed E-state index contributed by atoms with van der Waals surface area (Å²) < 4.78 is 0. The zero-order chi connectivity index (χ0) is 11.0. The van der Waals surface area contributed by atoms with E-state index in [4.69, 9.17) is 0 Å². The molecule has 0 aliphatic rings. The molecule has 0 atom stereocenters. The first-order valence-corrected chi connectivity index (χ1v) is 5.65. The molecular formula is C15H13N. The summed E-state index contributed by atoms with van der Waals surface area (Å²) in [5, 5.41) is 3.80. The third-order valence-electron chi connectivity index (χ3n) is 3.10. The van der Waals surface area contributed by atoms with Gasteiger partial charge in [-0.1, -0.05) is 43.3 Å². The Morgan fingerprint density at radius 3 is 2.75 bits per heavy atom. The highest BCUT2D eigenvalue weighted by molar-refractivity contribution is 6.06. The predicted octanol–water partition coefficient (Wildman–Crippen LogP) is 3.95. The quantitative estimate of drug-likeness (QED) is 0.550. The Morgan fingerprint density at radius 2 is 1.88 bits per heavy atom. The molecule has 1 heterocycles. The number of hydrogen-bond acceptors (Lipinski definition) is 1. The molecule has 2 aromatic carbocycles. The Bertz CT molecular complexity index is 656. The number of fused-ring (bicyclic) bond motifs is 3. The fraction of sp³-hybridized carbons (Fsp3) is 0.133. The lowest BCUT2D eigenvalue weighted by Crippen LogP contribution is -1.86. The number of aryl methyl sites for hydroxylation is 1. The van der Waals surface area contributed by atoms with Crippen molar-refractivity contribution in [3.63, 3.8) is 0 Å². The first kappa shape index (κ1) is 9.34. The summed E-state index contributed by atoms with van der Waals surface area (Å²) in [6.45, 7) is 2.19. The van der Waals surface area contributed by atoms with Crippen molar-refractivity contribution in [3.8, 4) is 0 Å². The van der Waals surface area contributed by atoms with Gasteiger partial charge in [-0.25, -0.2) is 0 Å². The molecule has 0 unspecified atom stereocenters. The number of rotatable bonds is 1. The van der Waals surface area contributed by atoms with Gasteiger partial charge in [0.25, 0.3) is 0 Å². The van der Waals surface area contributed by atoms with E-state index in [1.807, 2.05) is 12.3 Å². The fourth-order valence-electron chi connectivity index (χ4n) is 2.28. The molecular weight excluding hydrogens is 194 g/mol. The molecule has 1 heteroatoms. The zero-order valence-electron chi connectivity index (χ0n) is 9.27. The molecule has 0 fully saturated rings. The van der Waals surface area contributed by atoms with Gasteiger partial charge >= 0.3 is 0 Å². The van der Waals surface area contributed by atoms with Crippen molar-refractivity contribution in [2.45, 2.75) is 13.3 Å². The van der Waals surface area contributed by atoms with Crippen LogP contribution in [0, 0.1) is 0 Å². The van der Waals surface area contributed by atoms with Crippen LogP contribution in [0.3, 0.4) is 0 Å². The van der Waals surface area contributed by atoms with E-state index in [2.05, 4.69) is 48.3 Å². The molecule has 0 saturated carbocycles. The third-order valence-corrected chi connectivity index (χ3v) is 3.10. The molecule has 3 aromatic rings. The number of hydrogen-bond donors (Lipinski definition) is 0. The van der Waals surface area contributed by atoms with E-state index < -0.39 is 0 Å². The van der Waals surface area contributed by atoms with Crippen LogP contribution in [0.25, 0.3) is 21.7 Å². The second-order valence-corrected chi connectivity index (χ2v) is 4.01. The average molecular weight is 207 g/mol. The highest BCUT2D eigenvalue weighted by Crippen LogP contribution is 2.26. The lowest BCUT2D eigenvalue weighted by Gasteiger charge is -2.06. The fourth-order valence-corrected chi connectivity index (χ4v) is 2.28. The van der Waals surface area contributed by atoms with Gasteiger partial charge < -0.3 is 0 Å². The van der Waals surface area contributed by atoms with Crippen LogP contribution >= 0.6 is 0 Å². The largest absolute Gasteiger partial charge is 0.256 e. The van der Waals surface area contributed by atoms with Crippen molar-refractivity contribution >= 4 is 21.7 Å². The van der Waals surface area contributed by atoms with Gasteiger partial charge in [0, 0.05) is 17.0 Å². The molecule has 16 heavy (non-hydrogen) atoms. The molecule has 1 aromatic heterocycles. The summed E-state index contributed by atoms with van der Waals surface area (Å²) in [4.78, 5) is 4.48. The first-order chi connectivity index (χ1) is 7.90. The van der Waals surface area contributed by atoms with Crippen molar-refractivity contribution in [1.29, 1.82) is 0 Å². The molecule has 0 spiro atoms. The van der Waals surface area contributed by atoms with E-state index in [9.17, 15) is 0 Å². The summed E-state index contributed by atoms with van der Waals surface area (Å²) in [5.74, 6) is 0. The minimum Gasteiger partial charge on any atom is -0.256 e. The van der Waals surface area contributed by atoms with Crippen LogP contribution in [0.4, 0.5) is 0 Å². The van der Waals surface area contributed by atoms with E-state index in [-0.39, 0.29) is 0 Å². The van der Waals surface area contributed by atoms with Crippen molar-refractivity contribution in [1.82, 2.24) is 4.98 Å². The Hall–Kier alpha value is -1.89. The number of benzene rings is 2. The highest BCUT2D eigenvalue weighted by atomic mass is 14.6. The highest BCUT2D eigenvalue weighted by Gasteiger charge is 2.03. The zero-order valence-corrected chi connectivity index (χ0v) is 9.27. The Kier molecular flexibility index (Phi) is 2.10. The molecule has 3 rings (SSSR count). The third kappa shape index (κ3) is 1.28. The SMILES string of the molecule is CCc1cccc2c1ccc1cccnc12. The maximum Gasteiger partial charge on any atom is 0.0780 e. The average Bonchev–Trinajstić information content (AvgIpc) is 2.37. The minimum atomic E-state index is 1.07. The maximum absolute atomic E-state index is 4.48. The summed E-state index contributed by atoms with van der Waals surface area (Å²) in [5.41, 5.74) is 2.50. The normalized spacial score (nSPS) is 11.1. The predicted molar refractivity (Wildman–Crippen MR) is 68.6 cm³/mol. The van der Waals surface area contributed by atoms with Crippen LogP contribution in [-0.4, -0.2) is 4.98 Å². The number of aromatic nitrogens is 1. The van der Waals surface area contributed by atoms with Crippen LogP contribution in [0.5, 0.6) is 0 Å². The van der Waals surface area contributed by atoms with E-state index >= 15 is 0 Å². The number of pyridine rings is 1. The lowest BCUT2D eigenvalue weighted by molar-refractivity contribution is 1.16. The Morgan fingerprint density at radius 1 is 0.938 bits per heavy atom. The Labute approximate surface area is 94.7 Å². The van der Waals surface area contributed by atoms with Crippen molar-refractivity contribution in [3.05, 3.63) is 54.2 Å². The molecule has 1 nitrogen and oxygen atoms in total. The van der Waals surface area contributed by atoms with Crippen LogP contribution < -0.4 is 0 Å². The minimum absolute atomic E-state index is 1.07. The second-order valence-electron chi connectivity index (χ2n) is 4.01. The molecule has 0 radical (unpaired) electrons. The van der Waals surface area contributed by atoms with Crippen molar-refractivity contribution in [2.24, 2.45) is 0 Å². The lowest BCUT2D eigenvalue weighted by atomic mass is 10.0. The smallest absolute Gasteiger partial charge is 0.0780 e. The van der Waals surface area contributed by atoms with Gasteiger partial charge in [-0.3, -0.25) is 4.98 Å². The van der Waals surface area contributed by atoms with Gasteiger partial charge in [-0.15, -0.1) is 0 Å². The molecule has 0 aliphatic carbocycles. The van der Waals surface area contributed by atoms with E-state index in [0.29, 0.717) is 0 Å². The Balaban J connectivity index is 2.52. The molecule has 0 bridgehead atoms. The van der Waals surface area contributed by atoms with Crippen LogP contribution in [0.15, 0.2) is 48.7 Å². The second kappa shape index (κ2) is 3.60. The monoisotopic (exact) mass is 207 g/mol. The van der Waals surface area contributed by atoms with E-state index in [1.165, 1.54) is 21.7 Å². The molecule has 0 amide bonds. The van der Waals surface area contributed by atoms with E-state index in [1.54, 1.807) is 0 Å². The van der Waals surface area contributed by atoms with Crippen LogP contribution in [-0.2, 0) is 6.42 Å². The van der Waals surface area contributed by atoms with Crippen molar-refractivity contribution < 1.29 is 0 Å². The summed E-state index contributed by atoms with van der Waals surface area (Å²) in [6, 6.07) is 14.9. The van der Waals surface area contributed by atoms with Crippen LogP contribution in [0.2, 0.25) is 0 Å². The van der Waals surface area contributed by atoms with Crippen LogP contribution in [0.1, 0.15) is 12.5 Å². The van der Waals surface area contributed by atoms with Gasteiger partial charge in [-0.2, -0.15) is 0 Å². The number of nitrogens with zero attached hydrogens (tertiary/aromatic N) is 1. The van der Waals surface area contributed by atoms with Gasteiger partial charge in [0.05, 0.1) is 5.52 Å². The van der Waals surface area contributed by atoms with E-state index in [0.717, 1.165) is 11.9 Å². The summed E-state index contributed by atoms with van der Waals surface area (Å²) >= 11 is 0. The topological polar surface area (TPSA) is 12.9 Å². The standard InChI is InChI=1S/C15H13N/c1-2-11-5-3-7-14-13(11)9-8-12-6-4-10-16-15(12)14/h3-10H,2H2,1H3. The van der Waals surface area contributed by atoms with Gasteiger partial charge in [0.2, 0.25) is 0 Å². The molecule has 78 valence electrons. The first-order valence-electron chi connectivity index (χ1n) is 5.65. The van der Waals surface area contributed by atoms with Gasteiger partial charge in [0.1, 0.15) is 0 Å². The molecule has 0 aliphatic heterocycles. The van der Waals surface area contributed by atoms with Gasteiger partial charge in [0.15, 0.2) is 0 Å². The maximum atomic E-state index is 4.48. The summed E-state index contributed by atoms with van der Waals surface area (Å²) in [6.07, 6.45) is 2.93. The summed E-state index contributed by atoms with van der Waals surface area (Å²) in [7, 11) is 0. The molecule has 0 saturated heterocycles.